The third kappa shape index (κ3) is 6.00. The Labute approximate surface area is 165 Å². The smallest absolute Gasteiger partial charge is 0.244 e. The van der Waals surface area contributed by atoms with Gasteiger partial charge >= 0.3 is 0 Å². The Morgan fingerprint density at radius 3 is 2.37 bits per heavy atom. The van der Waals surface area contributed by atoms with Gasteiger partial charge in [0.1, 0.15) is 5.75 Å². The number of anilines is 1. The maximum absolute atomic E-state index is 12.4. The van der Waals surface area contributed by atoms with E-state index in [1.165, 1.54) is 11.8 Å². The van der Waals surface area contributed by atoms with Crippen LogP contribution in [0, 0.1) is 13.8 Å². The third-order valence-corrected chi connectivity index (χ3v) is 4.60. The highest BCUT2D eigenvalue weighted by molar-refractivity contribution is 6.34. The zero-order chi connectivity index (χ0) is 20.0. The molecule has 144 valence electrons. The number of aryl methyl sites for hydroxylation is 2. The number of hydrogen-bond acceptors (Lipinski definition) is 3. The largest absolute Gasteiger partial charge is 0.497 e. The van der Waals surface area contributed by atoms with Gasteiger partial charge in [0.15, 0.2) is 0 Å². The van der Waals surface area contributed by atoms with Crippen LogP contribution in [-0.2, 0) is 16.0 Å². The molecule has 0 aliphatic heterocycles. The van der Waals surface area contributed by atoms with Gasteiger partial charge in [0, 0.05) is 13.5 Å². The highest BCUT2D eigenvalue weighted by Gasteiger charge is 2.16. The van der Waals surface area contributed by atoms with Crippen molar-refractivity contribution in [2.45, 2.75) is 27.2 Å². The zero-order valence-electron chi connectivity index (χ0n) is 16.1. The van der Waals surface area contributed by atoms with Crippen LogP contribution in [0.15, 0.2) is 36.4 Å². The summed E-state index contributed by atoms with van der Waals surface area (Å²) in [5.74, 6) is 0.367. The molecule has 0 bridgehead atoms. The molecule has 0 spiro atoms. The Morgan fingerprint density at radius 1 is 1.15 bits per heavy atom. The average molecular weight is 389 g/mol. The predicted octanol–water partition coefficient (Wildman–Crippen LogP) is 4.00. The van der Waals surface area contributed by atoms with E-state index in [1.54, 1.807) is 13.2 Å². The number of nitrogens with zero attached hydrogens (tertiary/aromatic N) is 1. The molecule has 0 aliphatic rings. The fourth-order valence-electron chi connectivity index (χ4n) is 2.83. The summed E-state index contributed by atoms with van der Waals surface area (Å²) in [5, 5.41) is 3.32. The van der Waals surface area contributed by atoms with Crippen molar-refractivity contribution in [1.82, 2.24) is 4.90 Å². The van der Waals surface area contributed by atoms with E-state index in [0.29, 0.717) is 23.7 Å². The van der Waals surface area contributed by atoms with Gasteiger partial charge in [0.05, 0.1) is 24.4 Å². The Morgan fingerprint density at radius 2 is 1.81 bits per heavy atom. The molecule has 2 aromatic carbocycles. The van der Waals surface area contributed by atoms with Crippen LogP contribution in [0.4, 0.5) is 5.69 Å². The first-order valence-electron chi connectivity index (χ1n) is 8.75. The lowest BCUT2D eigenvalue weighted by Gasteiger charge is -2.21. The summed E-state index contributed by atoms with van der Waals surface area (Å²) in [4.78, 5) is 25.9. The molecular weight excluding hydrogens is 364 g/mol. The molecule has 0 atom stereocenters. The highest BCUT2D eigenvalue weighted by atomic mass is 35.5. The minimum atomic E-state index is -0.270. The first-order valence-corrected chi connectivity index (χ1v) is 9.13. The molecule has 6 heteroatoms. The van der Waals surface area contributed by atoms with Crippen LogP contribution >= 0.6 is 11.6 Å². The minimum absolute atomic E-state index is 0.0187. The molecular formula is C21H25ClN2O3. The number of halogens is 1. The van der Waals surface area contributed by atoms with E-state index in [1.807, 2.05) is 44.2 Å². The summed E-state index contributed by atoms with van der Waals surface area (Å²) in [6.45, 7) is 5.73. The zero-order valence-corrected chi connectivity index (χ0v) is 16.9. The van der Waals surface area contributed by atoms with Crippen LogP contribution in [0.5, 0.6) is 5.75 Å². The molecule has 0 unspecified atom stereocenters. The van der Waals surface area contributed by atoms with E-state index in [9.17, 15) is 9.59 Å². The lowest BCUT2D eigenvalue weighted by Crippen LogP contribution is -2.38. The van der Waals surface area contributed by atoms with Gasteiger partial charge in [-0.15, -0.1) is 0 Å². The van der Waals surface area contributed by atoms with Crippen molar-refractivity contribution < 1.29 is 14.3 Å². The molecule has 0 fully saturated rings. The third-order valence-electron chi connectivity index (χ3n) is 4.31. The van der Waals surface area contributed by atoms with Crippen molar-refractivity contribution in [3.8, 4) is 5.75 Å². The van der Waals surface area contributed by atoms with Crippen molar-refractivity contribution in [3.63, 3.8) is 0 Å². The Bertz CT molecular complexity index is 796. The number of amides is 2. The van der Waals surface area contributed by atoms with E-state index < -0.39 is 0 Å². The van der Waals surface area contributed by atoms with Gasteiger partial charge < -0.3 is 15.0 Å². The lowest BCUT2D eigenvalue weighted by molar-refractivity contribution is -0.132. The van der Waals surface area contributed by atoms with Crippen LogP contribution in [0.1, 0.15) is 23.6 Å². The quantitative estimate of drug-likeness (QED) is 0.780. The fourth-order valence-corrected chi connectivity index (χ4v) is 3.20. The predicted molar refractivity (Wildman–Crippen MR) is 109 cm³/mol. The molecule has 2 aromatic rings. The van der Waals surface area contributed by atoms with E-state index in [2.05, 4.69) is 5.32 Å². The molecule has 5 nitrogen and oxygen atoms in total. The summed E-state index contributed by atoms with van der Waals surface area (Å²) in [6, 6.07) is 11.4. The molecule has 0 heterocycles. The number of carbonyl (C=O) groups is 2. The number of nitrogens with one attached hydrogen (secondary N) is 1. The number of hydrogen-bond donors (Lipinski definition) is 1. The maximum Gasteiger partial charge on any atom is 0.244 e. The van der Waals surface area contributed by atoms with Crippen molar-refractivity contribution >= 4 is 29.1 Å². The van der Waals surface area contributed by atoms with Crippen molar-refractivity contribution in [3.05, 3.63) is 58.1 Å². The van der Waals surface area contributed by atoms with Gasteiger partial charge in [-0.2, -0.15) is 0 Å². The van der Waals surface area contributed by atoms with E-state index in [-0.39, 0.29) is 18.4 Å². The summed E-state index contributed by atoms with van der Waals surface area (Å²) in [5.41, 5.74) is 3.58. The number of benzene rings is 2. The van der Waals surface area contributed by atoms with E-state index in [0.717, 1.165) is 22.4 Å². The normalized spacial score (nSPS) is 10.4. The van der Waals surface area contributed by atoms with Crippen LogP contribution in [0.3, 0.4) is 0 Å². The summed E-state index contributed by atoms with van der Waals surface area (Å²) in [7, 11) is 1.62. The second kappa shape index (κ2) is 9.42. The second-order valence-corrected chi connectivity index (χ2v) is 6.93. The minimum Gasteiger partial charge on any atom is -0.497 e. The number of ether oxygens (including phenoxy) is 1. The highest BCUT2D eigenvalue weighted by Crippen LogP contribution is 2.27. The Kier molecular flexibility index (Phi) is 7.25. The van der Waals surface area contributed by atoms with Gasteiger partial charge in [0.2, 0.25) is 11.8 Å². The topological polar surface area (TPSA) is 58.6 Å². The standard InChI is InChI=1S/C21H25ClN2O3/c1-14-11-15(2)21(19(22)12-14)23-20(26)13-24(16(3)25)10-9-17-5-7-18(27-4)8-6-17/h5-8,11-12H,9-10,13H2,1-4H3,(H,23,26). The Hall–Kier alpha value is -2.53. The van der Waals surface area contributed by atoms with Crippen molar-refractivity contribution in [1.29, 1.82) is 0 Å². The summed E-state index contributed by atoms with van der Waals surface area (Å²) >= 11 is 6.24. The summed E-state index contributed by atoms with van der Waals surface area (Å²) in [6.07, 6.45) is 0.654. The molecule has 0 aromatic heterocycles. The van der Waals surface area contributed by atoms with Gasteiger partial charge in [-0.25, -0.2) is 0 Å². The molecule has 27 heavy (non-hydrogen) atoms. The van der Waals surface area contributed by atoms with Crippen LogP contribution in [-0.4, -0.2) is 36.9 Å². The average Bonchev–Trinajstić information content (AvgIpc) is 2.61. The fraction of sp³-hybridized carbons (Fsp3) is 0.333. The molecule has 0 aliphatic carbocycles. The van der Waals surface area contributed by atoms with E-state index in [4.69, 9.17) is 16.3 Å². The van der Waals surface area contributed by atoms with Gasteiger partial charge in [-0.05, 0) is 55.2 Å². The van der Waals surface area contributed by atoms with Crippen molar-refractivity contribution in [2.24, 2.45) is 0 Å². The van der Waals surface area contributed by atoms with Gasteiger partial charge in [-0.3, -0.25) is 9.59 Å². The number of methoxy groups -OCH3 is 1. The number of rotatable bonds is 7. The lowest BCUT2D eigenvalue weighted by atomic mass is 10.1. The number of carbonyl (C=O) groups excluding carboxylic acids is 2. The molecule has 0 radical (unpaired) electrons. The van der Waals surface area contributed by atoms with Crippen LogP contribution in [0.25, 0.3) is 0 Å². The monoisotopic (exact) mass is 388 g/mol. The first-order chi connectivity index (χ1) is 12.8. The van der Waals surface area contributed by atoms with Crippen LogP contribution in [0.2, 0.25) is 5.02 Å². The van der Waals surface area contributed by atoms with E-state index >= 15 is 0 Å². The Balaban J connectivity index is 1.98. The molecule has 0 saturated carbocycles. The molecule has 0 saturated heterocycles. The SMILES string of the molecule is COc1ccc(CCN(CC(=O)Nc2c(C)cc(C)cc2Cl)C(C)=O)cc1. The summed E-state index contributed by atoms with van der Waals surface area (Å²) < 4.78 is 5.14. The second-order valence-electron chi connectivity index (χ2n) is 6.53. The van der Waals surface area contributed by atoms with Gasteiger partial charge in [-0.1, -0.05) is 29.8 Å². The molecule has 2 rings (SSSR count). The molecule has 2 amide bonds. The van der Waals surface area contributed by atoms with Crippen LogP contribution < -0.4 is 10.1 Å². The van der Waals surface area contributed by atoms with Gasteiger partial charge in [0.25, 0.3) is 0 Å². The maximum atomic E-state index is 12.4. The first kappa shape index (κ1) is 20.8. The van der Waals surface area contributed by atoms with Crippen molar-refractivity contribution in [2.75, 3.05) is 25.5 Å². The molecule has 1 N–H and O–H groups in total.